The molecule has 0 unspecified atom stereocenters. The summed E-state index contributed by atoms with van der Waals surface area (Å²) in [4.78, 5) is 20.4. The van der Waals surface area contributed by atoms with Crippen LogP contribution < -0.4 is 16.0 Å². The second kappa shape index (κ2) is 7.80. The van der Waals surface area contributed by atoms with Crippen LogP contribution in [0.5, 0.6) is 0 Å². The highest BCUT2D eigenvalue weighted by Crippen LogP contribution is 2.20. The molecule has 2 heterocycles. The summed E-state index contributed by atoms with van der Waals surface area (Å²) in [7, 11) is 1.62. The summed E-state index contributed by atoms with van der Waals surface area (Å²) in [5, 5.41) is 2.83. The molecule has 1 aliphatic rings. The predicted molar refractivity (Wildman–Crippen MR) is 82.2 cm³/mol. The molecule has 7 nitrogen and oxygen atoms in total. The van der Waals surface area contributed by atoms with E-state index in [1.807, 2.05) is 12.1 Å². The van der Waals surface area contributed by atoms with Crippen LogP contribution in [0.15, 0.2) is 18.3 Å². The van der Waals surface area contributed by atoms with Gasteiger partial charge in [0, 0.05) is 46.0 Å². The maximum atomic E-state index is 11.7. The average molecular weight is 293 g/mol. The van der Waals surface area contributed by atoms with Gasteiger partial charge >= 0.3 is 0 Å². The van der Waals surface area contributed by atoms with Gasteiger partial charge in [-0.05, 0) is 12.1 Å². The molecule has 2 rings (SSSR count). The highest BCUT2D eigenvalue weighted by Gasteiger charge is 2.20. The highest BCUT2D eigenvalue weighted by molar-refractivity contribution is 5.78. The second-order valence-electron chi connectivity index (χ2n) is 5.02. The third-order valence-corrected chi connectivity index (χ3v) is 3.48. The number of nitrogens with two attached hydrogens (primary N) is 1. The molecule has 0 radical (unpaired) electrons. The number of pyridine rings is 1. The quantitative estimate of drug-likeness (QED) is 0.691. The van der Waals surface area contributed by atoms with Crippen molar-refractivity contribution in [2.45, 2.75) is 0 Å². The van der Waals surface area contributed by atoms with Crippen LogP contribution in [-0.4, -0.2) is 68.8 Å². The van der Waals surface area contributed by atoms with Gasteiger partial charge in [0.05, 0.1) is 18.8 Å². The van der Waals surface area contributed by atoms with Gasteiger partial charge in [-0.25, -0.2) is 4.98 Å². The normalized spacial score (nSPS) is 16.0. The van der Waals surface area contributed by atoms with Gasteiger partial charge in [0.2, 0.25) is 5.91 Å². The van der Waals surface area contributed by atoms with E-state index in [0.29, 0.717) is 25.4 Å². The minimum atomic E-state index is 0.0397. The minimum Gasteiger partial charge on any atom is -0.396 e. The van der Waals surface area contributed by atoms with Crippen LogP contribution in [0.1, 0.15) is 0 Å². The van der Waals surface area contributed by atoms with Crippen LogP contribution >= 0.6 is 0 Å². The Balaban J connectivity index is 1.76. The van der Waals surface area contributed by atoms with Crippen molar-refractivity contribution in [3.8, 4) is 0 Å². The van der Waals surface area contributed by atoms with Gasteiger partial charge in [0.25, 0.3) is 0 Å². The van der Waals surface area contributed by atoms with Gasteiger partial charge < -0.3 is 20.7 Å². The molecule has 0 aromatic carbocycles. The molecule has 1 aliphatic heterocycles. The first kappa shape index (κ1) is 15.5. The molecule has 21 heavy (non-hydrogen) atoms. The van der Waals surface area contributed by atoms with E-state index in [1.54, 1.807) is 13.3 Å². The number of nitrogen functional groups attached to an aromatic ring is 1. The fourth-order valence-corrected chi connectivity index (χ4v) is 2.34. The Morgan fingerprint density at radius 3 is 2.86 bits per heavy atom. The van der Waals surface area contributed by atoms with Crippen LogP contribution in [0.25, 0.3) is 0 Å². The zero-order valence-corrected chi connectivity index (χ0v) is 12.4. The lowest BCUT2D eigenvalue weighted by Gasteiger charge is -2.35. The number of nitrogens with one attached hydrogen (secondary N) is 1. The van der Waals surface area contributed by atoms with Crippen LogP contribution in [0.3, 0.4) is 0 Å². The van der Waals surface area contributed by atoms with Gasteiger partial charge in [-0.2, -0.15) is 0 Å². The van der Waals surface area contributed by atoms with E-state index in [0.717, 1.165) is 32.0 Å². The number of aromatic nitrogens is 1. The molecule has 0 aliphatic carbocycles. The number of hydrogen-bond acceptors (Lipinski definition) is 6. The van der Waals surface area contributed by atoms with Gasteiger partial charge in [0.15, 0.2) is 5.82 Å². The Morgan fingerprint density at radius 1 is 1.43 bits per heavy atom. The number of carbonyl (C=O) groups is 1. The summed E-state index contributed by atoms with van der Waals surface area (Å²) < 4.78 is 4.90. The molecule has 0 bridgehead atoms. The van der Waals surface area contributed by atoms with E-state index in [9.17, 15) is 4.79 Å². The number of carbonyl (C=O) groups excluding carboxylic acids is 1. The van der Waals surface area contributed by atoms with Crippen molar-refractivity contribution >= 4 is 17.4 Å². The van der Waals surface area contributed by atoms with Crippen LogP contribution in [-0.2, 0) is 9.53 Å². The summed E-state index contributed by atoms with van der Waals surface area (Å²) in [6.07, 6.45) is 1.75. The Hall–Kier alpha value is -1.86. The van der Waals surface area contributed by atoms with E-state index in [-0.39, 0.29) is 5.91 Å². The van der Waals surface area contributed by atoms with E-state index in [4.69, 9.17) is 10.5 Å². The van der Waals surface area contributed by atoms with Crippen molar-refractivity contribution in [2.75, 3.05) is 63.6 Å². The number of piperazine rings is 1. The second-order valence-corrected chi connectivity index (χ2v) is 5.02. The number of anilines is 2. The monoisotopic (exact) mass is 293 g/mol. The topological polar surface area (TPSA) is 83.7 Å². The molecule has 1 saturated heterocycles. The third kappa shape index (κ3) is 4.57. The number of methoxy groups -OCH3 is 1. The Kier molecular flexibility index (Phi) is 5.77. The predicted octanol–water partition coefficient (Wildman–Crippen LogP) is -0.452. The highest BCUT2D eigenvalue weighted by atomic mass is 16.5. The fourth-order valence-electron chi connectivity index (χ4n) is 2.34. The smallest absolute Gasteiger partial charge is 0.234 e. The van der Waals surface area contributed by atoms with E-state index in [1.165, 1.54) is 0 Å². The molecule has 116 valence electrons. The zero-order chi connectivity index (χ0) is 15.1. The lowest BCUT2D eigenvalue weighted by Crippen LogP contribution is -2.50. The van der Waals surface area contributed by atoms with Crippen LogP contribution in [0.4, 0.5) is 11.5 Å². The first-order chi connectivity index (χ1) is 10.2. The largest absolute Gasteiger partial charge is 0.396 e. The maximum Gasteiger partial charge on any atom is 0.234 e. The van der Waals surface area contributed by atoms with E-state index in [2.05, 4.69) is 20.1 Å². The van der Waals surface area contributed by atoms with Crippen molar-refractivity contribution in [1.29, 1.82) is 0 Å². The van der Waals surface area contributed by atoms with Crippen molar-refractivity contribution in [3.63, 3.8) is 0 Å². The van der Waals surface area contributed by atoms with Crippen LogP contribution in [0, 0.1) is 0 Å². The van der Waals surface area contributed by atoms with Gasteiger partial charge in [0.1, 0.15) is 0 Å². The lowest BCUT2D eigenvalue weighted by molar-refractivity contribution is -0.122. The van der Waals surface area contributed by atoms with Crippen molar-refractivity contribution in [3.05, 3.63) is 18.3 Å². The van der Waals surface area contributed by atoms with Crippen molar-refractivity contribution in [1.82, 2.24) is 15.2 Å². The molecule has 1 aromatic heterocycles. The lowest BCUT2D eigenvalue weighted by atomic mass is 10.3. The molecular weight excluding hydrogens is 270 g/mol. The van der Waals surface area contributed by atoms with Gasteiger partial charge in [-0.15, -0.1) is 0 Å². The first-order valence-corrected chi connectivity index (χ1v) is 7.14. The number of hydrogen-bond donors (Lipinski definition) is 2. The standard InChI is InChI=1S/C14H23N5O2/c1-21-10-5-16-13(20)11-18-6-8-19(9-7-18)14-12(15)3-2-4-17-14/h2-4H,5-11,15H2,1H3,(H,16,20). The molecule has 1 fully saturated rings. The van der Waals surface area contributed by atoms with Crippen molar-refractivity contribution < 1.29 is 9.53 Å². The number of nitrogens with zero attached hydrogens (tertiary/aromatic N) is 3. The Morgan fingerprint density at radius 2 is 2.19 bits per heavy atom. The summed E-state index contributed by atoms with van der Waals surface area (Å²) >= 11 is 0. The van der Waals surface area contributed by atoms with E-state index >= 15 is 0 Å². The summed E-state index contributed by atoms with van der Waals surface area (Å²) in [6.45, 7) is 4.83. The van der Waals surface area contributed by atoms with Crippen LogP contribution in [0.2, 0.25) is 0 Å². The first-order valence-electron chi connectivity index (χ1n) is 7.14. The number of rotatable bonds is 6. The zero-order valence-electron chi connectivity index (χ0n) is 12.4. The molecule has 3 N–H and O–H groups in total. The molecule has 0 saturated carbocycles. The third-order valence-electron chi connectivity index (χ3n) is 3.48. The van der Waals surface area contributed by atoms with Gasteiger partial charge in [-0.3, -0.25) is 9.69 Å². The molecule has 0 spiro atoms. The number of ether oxygens (including phenoxy) is 1. The molecular formula is C14H23N5O2. The molecule has 1 amide bonds. The molecule has 1 aromatic rings. The molecule has 0 atom stereocenters. The number of amides is 1. The minimum absolute atomic E-state index is 0.0397. The maximum absolute atomic E-state index is 11.7. The average Bonchev–Trinajstić information content (AvgIpc) is 2.49. The van der Waals surface area contributed by atoms with E-state index < -0.39 is 0 Å². The van der Waals surface area contributed by atoms with Crippen molar-refractivity contribution in [2.24, 2.45) is 0 Å². The fraction of sp³-hybridized carbons (Fsp3) is 0.571. The summed E-state index contributed by atoms with van der Waals surface area (Å²) in [5.74, 6) is 0.875. The SMILES string of the molecule is COCCNC(=O)CN1CCN(c2ncccc2N)CC1. The molecule has 7 heteroatoms. The summed E-state index contributed by atoms with van der Waals surface area (Å²) in [5.41, 5.74) is 6.64. The van der Waals surface area contributed by atoms with Gasteiger partial charge in [-0.1, -0.05) is 0 Å². The summed E-state index contributed by atoms with van der Waals surface area (Å²) in [6, 6.07) is 3.69. The Bertz CT molecular complexity index is 460. The Labute approximate surface area is 125 Å².